The molecule has 0 saturated carbocycles. The van der Waals surface area contributed by atoms with E-state index in [1.807, 2.05) is 13.1 Å². The van der Waals surface area contributed by atoms with E-state index in [-0.39, 0.29) is 0 Å². The van der Waals surface area contributed by atoms with E-state index in [0.29, 0.717) is 5.92 Å². The molecule has 3 unspecified atom stereocenters. The SMILES string of the molecule is C=C/C(=C\C(C)C(C)C(C)CC)NC. The van der Waals surface area contributed by atoms with Crippen LogP contribution in [0.25, 0.3) is 0 Å². The van der Waals surface area contributed by atoms with E-state index >= 15 is 0 Å². The van der Waals surface area contributed by atoms with Gasteiger partial charge in [0, 0.05) is 12.7 Å². The van der Waals surface area contributed by atoms with Gasteiger partial charge < -0.3 is 5.32 Å². The topological polar surface area (TPSA) is 12.0 Å². The maximum absolute atomic E-state index is 3.78. The van der Waals surface area contributed by atoms with Gasteiger partial charge >= 0.3 is 0 Å². The van der Waals surface area contributed by atoms with Crippen LogP contribution in [0.2, 0.25) is 0 Å². The summed E-state index contributed by atoms with van der Waals surface area (Å²) in [7, 11) is 1.94. The second kappa shape index (κ2) is 6.69. The van der Waals surface area contributed by atoms with Gasteiger partial charge in [-0.05, 0) is 23.8 Å². The van der Waals surface area contributed by atoms with Crippen molar-refractivity contribution in [1.29, 1.82) is 0 Å². The molecule has 0 spiro atoms. The highest BCUT2D eigenvalue weighted by atomic mass is 14.8. The molecule has 0 amide bonds. The molecular weight excluding hydrogens is 170 g/mol. The first kappa shape index (κ1) is 13.3. The van der Waals surface area contributed by atoms with Gasteiger partial charge in [0.25, 0.3) is 0 Å². The van der Waals surface area contributed by atoms with Crippen LogP contribution in [0.1, 0.15) is 34.1 Å². The summed E-state index contributed by atoms with van der Waals surface area (Å²) >= 11 is 0. The Hall–Kier alpha value is -0.720. The molecule has 0 radical (unpaired) electrons. The first-order chi connectivity index (χ1) is 6.56. The van der Waals surface area contributed by atoms with Crippen LogP contribution in [-0.2, 0) is 0 Å². The number of allylic oxidation sites excluding steroid dienone is 2. The van der Waals surface area contributed by atoms with Crippen LogP contribution in [0.15, 0.2) is 24.4 Å². The predicted molar refractivity (Wildman–Crippen MR) is 65.1 cm³/mol. The van der Waals surface area contributed by atoms with Crippen LogP contribution in [0.3, 0.4) is 0 Å². The van der Waals surface area contributed by atoms with Gasteiger partial charge in [0.05, 0.1) is 0 Å². The zero-order valence-corrected chi connectivity index (χ0v) is 10.3. The van der Waals surface area contributed by atoms with E-state index < -0.39 is 0 Å². The summed E-state index contributed by atoms with van der Waals surface area (Å²) in [6, 6.07) is 0. The number of nitrogens with one attached hydrogen (secondary N) is 1. The molecule has 1 nitrogen and oxygen atoms in total. The second-order valence-corrected chi connectivity index (χ2v) is 4.18. The molecule has 0 heterocycles. The van der Waals surface area contributed by atoms with Gasteiger partial charge in [-0.25, -0.2) is 0 Å². The van der Waals surface area contributed by atoms with Crippen molar-refractivity contribution in [2.24, 2.45) is 17.8 Å². The molecule has 0 aliphatic carbocycles. The van der Waals surface area contributed by atoms with Crippen molar-refractivity contribution in [2.45, 2.75) is 34.1 Å². The summed E-state index contributed by atoms with van der Waals surface area (Å²) in [4.78, 5) is 0. The molecule has 0 aromatic rings. The fraction of sp³-hybridized carbons (Fsp3) is 0.692. The molecule has 3 atom stereocenters. The van der Waals surface area contributed by atoms with E-state index in [9.17, 15) is 0 Å². The average Bonchev–Trinajstić information content (AvgIpc) is 2.23. The van der Waals surface area contributed by atoms with Crippen LogP contribution in [0, 0.1) is 17.8 Å². The number of hydrogen-bond acceptors (Lipinski definition) is 1. The maximum Gasteiger partial charge on any atom is 0.0293 e. The van der Waals surface area contributed by atoms with Crippen molar-refractivity contribution < 1.29 is 0 Å². The summed E-state index contributed by atoms with van der Waals surface area (Å²) in [5.74, 6) is 2.11. The van der Waals surface area contributed by atoms with Crippen molar-refractivity contribution in [1.82, 2.24) is 5.32 Å². The van der Waals surface area contributed by atoms with Gasteiger partial charge in [-0.2, -0.15) is 0 Å². The number of hydrogen-bond donors (Lipinski definition) is 1. The summed E-state index contributed by atoms with van der Waals surface area (Å²) < 4.78 is 0. The Kier molecular flexibility index (Phi) is 6.35. The van der Waals surface area contributed by atoms with Gasteiger partial charge in [0.15, 0.2) is 0 Å². The van der Waals surface area contributed by atoms with E-state index in [2.05, 4.69) is 45.7 Å². The maximum atomic E-state index is 3.78. The molecule has 82 valence electrons. The van der Waals surface area contributed by atoms with E-state index in [1.54, 1.807) is 0 Å². The van der Waals surface area contributed by atoms with Gasteiger partial charge in [-0.1, -0.05) is 46.8 Å². The van der Waals surface area contributed by atoms with Crippen molar-refractivity contribution in [3.63, 3.8) is 0 Å². The zero-order chi connectivity index (χ0) is 11.1. The standard InChI is InChI=1S/C13H25N/c1-7-10(3)12(5)11(4)9-13(8-2)14-6/h8-12,14H,2,7H2,1,3-6H3/b13-9+. The van der Waals surface area contributed by atoms with Crippen LogP contribution in [-0.4, -0.2) is 7.05 Å². The monoisotopic (exact) mass is 195 g/mol. The van der Waals surface area contributed by atoms with E-state index in [4.69, 9.17) is 0 Å². The lowest BCUT2D eigenvalue weighted by Gasteiger charge is -2.23. The van der Waals surface area contributed by atoms with Crippen molar-refractivity contribution in [2.75, 3.05) is 7.05 Å². The van der Waals surface area contributed by atoms with E-state index in [1.165, 1.54) is 6.42 Å². The zero-order valence-electron chi connectivity index (χ0n) is 10.3. The molecule has 1 N–H and O–H groups in total. The fourth-order valence-electron chi connectivity index (χ4n) is 1.58. The van der Waals surface area contributed by atoms with Gasteiger partial charge in [0.2, 0.25) is 0 Å². The molecule has 14 heavy (non-hydrogen) atoms. The Labute approximate surface area is 89.3 Å². The van der Waals surface area contributed by atoms with Crippen molar-refractivity contribution in [3.8, 4) is 0 Å². The summed E-state index contributed by atoms with van der Waals surface area (Å²) in [5.41, 5.74) is 1.13. The molecule has 0 aliphatic heterocycles. The Balaban J connectivity index is 4.37. The van der Waals surface area contributed by atoms with Gasteiger partial charge in [-0.3, -0.25) is 0 Å². The normalized spacial score (nSPS) is 18.5. The lowest BCUT2D eigenvalue weighted by molar-refractivity contribution is 0.311. The van der Waals surface area contributed by atoms with Crippen LogP contribution >= 0.6 is 0 Å². The molecule has 0 rings (SSSR count). The van der Waals surface area contributed by atoms with Crippen LogP contribution in [0.5, 0.6) is 0 Å². The van der Waals surface area contributed by atoms with Gasteiger partial charge in [-0.15, -0.1) is 0 Å². The number of rotatable bonds is 6. The van der Waals surface area contributed by atoms with E-state index in [0.717, 1.165) is 17.5 Å². The molecule has 0 bridgehead atoms. The summed E-state index contributed by atoms with van der Waals surface area (Å²) in [5, 5.41) is 3.14. The molecule has 0 aliphatic rings. The molecular formula is C13H25N. The molecule has 0 aromatic carbocycles. The minimum Gasteiger partial charge on any atom is -0.388 e. The van der Waals surface area contributed by atoms with Crippen molar-refractivity contribution >= 4 is 0 Å². The van der Waals surface area contributed by atoms with Crippen molar-refractivity contribution in [3.05, 3.63) is 24.4 Å². The largest absolute Gasteiger partial charge is 0.388 e. The first-order valence-corrected chi connectivity index (χ1v) is 5.58. The molecule has 0 saturated heterocycles. The highest BCUT2D eigenvalue weighted by Crippen LogP contribution is 2.24. The quantitative estimate of drug-likeness (QED) is 0.639. The minimum atomic E-state index is 0.602. The Bertz CT molecular complexity index is 193. The fourth-order valence-corrected chi connectivity index (χ4v) is 1.58. The Morgan fingerprint density at radius 2 is 1.93 bits per heavy atom. The average molecular weight is 195 g/mol. The molecule has 1 heteroatoms. The smallest absolute Gasteiger partial charge is 0.0293 e. The molecule has 0 fully saturated rings. The predicted octanol–water partition coefficient (Wildman–Crippen LogP) is 3.59. The lowest BCUT2D eigenvalue weighted by Crippen LogP contribution is -2.16. The Morgan fingerprint density at radius 1 is 1.36 bits per heavy atom. The van der Waals surface area contributed by atoms with Crippen LogP contribution in [0.4, 0.5) is 0 Å². The van der Waals surface area contributed by atoms with Crippen LogP contribution < -0.4 is 5.32 Å². The lowest BCUT2D eigenvalue weighted by atomic mass is 9.83. The third kappa shape index (κ3) is 3.99. The highest BCUT2D eigenvalue weighted by Gasteiger charge is 2.15. The third-order valence-electron chi connectivity index (χ3n) is 3.32. The summed E-state index contributed by atoms with van der Waals surface area (Å²) in [6.45, 7) is 13.0. The molecule has 0 aromatic heterocycles. The first-order valence-electron chi connectivity index (χ1n) is 5.58. The highest BCUT2D eigenvalue weighted by molar-refractivity contribution is 5.14. The minimum absolute atomic E-state index is 0.602. The Morgan fingerprint density at radius 3 is 2.29 bits per heavy atom. The third-order valence-corrected chi connectivity index (χ3v) is 3.32. The number of likely N-dealkylation sites (N-methyl/N-ethyl adjacent to an activating group) is 1. The van der Waals surface area contributed by atoms with Gasteiger partial charge in [0.1, 0.15) is 0 Å². The summed E-state index contributed by atoms with van der Waals surface area (Å²) in [6.07, 6.45) is 5.39. The second-order valence-electron chi connectivity index (χ2n) is 4.18.